The van der Waals surface area contributed by atoms with E-state index >= 15 is 0 Å². The summed E-state index contributed by atoms with van der Waals surface area (Å²) in [5.74, 6) is 0.775. The first-order chi connectivity index (χ1) is 14.8. The quantitative estimate of drug-likeness (QED) is 0.634. The molecule has 0 bridgehead atoms. The van der Waals surface area contributed by atoms with Crippen molar-refractivity contribution < 1.29 is 13.2 Å². The Morgan fingerprint density at radius 1 is 1.06 bits per heavy atom. The zero-order valence-electron chi connectivity index (χ0n) is 17.4. The van der Waals surface area contributed by atoms with Gasteiger partial charge in [0.1, 0.15) is 0 Å². The Balaban J connectivity index is 1.52. The molecule has 0 saturated carbocycles. The first-order valence-corrected chi connectivity index (χ1v) is 11.7. The van der Waals surface area contributed by atoms with E-state index in [0.29, 0.717) is 30.7 Å². The van der Waals surface area contributed by atoms with Crippen LogP contribution in [0.2, 0.25) is 0 Å². The molecule has 1 aliphatic rings. The van der Waals surface area contributed by atoms with E-state index in [1.165, 1.54) is 16.4 Å². The minimum Gasteiger partial charge on any atom is -0.289 e. The molecule has 31 heavy (non-hydrogen) atoms. The van der Waals surface area contributed by atoms with Crippen molar-refractivity contribution in [3.05, 3.63) is 60.2 Å². The van der Waals surface area contributed by atoms with Gasteiger partial charge in [-0.1, -0.05) is 50.2 Å². The lowest BCUT2D eigenvalue weighted by Gasteiger charge is -2.34. The maximum Gasteiger partial charge on any atom is 0.258 e. The summed E-state index contributed by atoms with van der Waals surface area (Å²) in [6.07, 6.45) is 1.01. The molecule has 2 heterocycles. The van der Waals surface area contributed by atoms with Crippen molar-refractivity contribution in [2.45, 2.75) is 25.2 Å². The van der Waals surface area contributed by atoms with Crippen LogP contribution in [0.15, 0.2) is 59.5 Å². The molecule has 0 spiro atoms. The highest BCUT2D eigenvalue weighted by atomic mass is 32.2. The fourth-order valence-electron chi connectivity index (χ4n) is 3.97. The molecule has 2 N–H and O–H groups in total. The lowest BCUT2D eigenvalue weighted by molar-refractivity contribution is 0.102. The van der Waals surface area contributed by atoms with E-state index in [1.807, 2.05) is 30.3 Å². The van der Waals surface area contributed by atoms with Crippen LogP contribution in [0.3, 0.4) is 0 Å². The number of aromatic nitrogens is 3. The number of amides is 1. The van der Waals surface area contributed by atoms with Crippen LogP contribution in [0.5, 0.6) is 0 Å². The third-order valence-corrected chi connectivity index (χ3v) is 7.15. The molecule has 0 radical (unpaired) electrons. The molecular formula is C22H25N5O3S. The molecule has 1 saturated heterocycles. The van der Waals surface area contributed by atoms with E-state index in [4.69, 9.17) is 0 Å². The second-order valence-corrected chi connectivity index (χ2v) is 10.1. The number of benzene rings is 2. The van der Waals surface area contributed by atoms with Crippen LogP contribution in [-0.4, -0.2) is 46.9 Å². The fourth-order valence-corrected chi connectivity index (χ4v) is 5.69. The Morgan fingerprint density at radius 2 is 1.77 bits per heavy atom. The van der Waals surface area contributed by atoms with E-state index in [1.54, 1.807) is 12.1 Å². The number of nitrogens with one attached hydrogen (secondary N) is 2. The average molecular weight is 440 g/mol. The number of carbonyl (C=O) groups is 1. The number of hydrogen-bond donors (Lipinski definition) is 2. The molecular weight excluding hydrogens is 414 g/mol. The van der Waals surface area contributed by atoms with E-state index in [9.17, 15) is 13.2 Å². The normalized spacial score (nSPS) is 19.8. The molecule has 1 amide bonds. The van der Waals surface area contributed by atoms with Crippen molar-refractivity contribution in [3.63, 3.8) is 0 Å². The Hall–Kier alpha value is -3.04. The standard InChI is InChI=1S/C22H25N5O3S/c1-15-11-16(2)14-27(13-15)31(29,30)19-10-6-9-18(12-19)21(28)24-22-23-20(25-26-22)17-7-4-3-5-8-17/h3-10,12,15-16H,11,13-14H2,1-2H3,(H2,23,24,25,26,28). The Kier molecular flexibility index (Phi) is 5.88. The molecule has 2 atom stereocenters. The van der Waals surface area contributed by atoms with Gasteiger partial charge in [-0.3, -0.25) is 15.2 Å². The predicted octanol–water partition coefficient (Wildman–Crippen LogP) is 3.39. The minimum atomic E-state index is -3.67. The molecule has 1 fully saturated rings. The summed E-state index contributed by atoms with van der Waals surface area (Å²) >= 11 is 0. The number of sulfonamides is 1. The average Bonchev–Trinajstić information content (AvgIpc) is 3.22. The largest absolute Gasteiger partial charge is 0.289 e. The van der Waals surface area contributed by atoms with E-state index in [-0.39, 0.29) is 16.4 Å². The Bertz CT molecular complexity index is 1170. The first-order valence-electron chi connectivity index (χ1n) is 10.2. The van der Waals surface area contributed by atoms with Crippen LogP contribution < -0.4 is 5.32 Å². The third kappa shape index (κ3) is 4.67. The molecule has 3 aromatic rings. The number of H-pyrrole nitrogens is 1. The summed E-state index contributed by atoms with van der Waals surface area (Å²) < 4.78 is 27.8. The highest BCUT2D eigenvalue weighted by molar-refractivity contribution is 7.89. The van der Waals surface area contributed by atoms with Gasteiger partial charge in [0.15, 0.2) is 5.82 Å². The molecule has 9 heteroatoms. The molecule has 1 aliphatic heterocycles. The highest BCUT2D eigenvalue weighted by Gasteiger charge is 2.32. The van der Waals surface area contributed by atoms with Crippen molar-refractivity contribution in [1.82, 2.24) is 19.5 Å². The van der Waals surface area contributed by atoms with Crippen molar-refractivity contribution in [2.75, 3.05) is 18.4 Å². The molecule has 8 nitrogen and oxygen atoms in total. The van der Waals surface area contributed by atoms with Crippen LogP contribution in [0.1, 0.15) is 30.6 Å². The van der Waals surface area contributed by atoms with Gasteiger partial charge in [0, 0.05) is 24.2 Å². The van der Waals surface area contributed by atoms with Crippen LogP contribution in [-0.2, 0) is 10.0 Å². The summed E-state index contributed by atoms with van der Waals surface area (Å²) in [5, 5.41) is 9.43. The monoisotopic (exact) mass is 439 g/mol. The second kappa shape index (κ2) is 8.60. The zero-order chi connectivity index (χ0) is 22.0. The van der Waals surface area contributed by atoms with E-state index < -0.39 is 15.9 Å². The van der Waals surface area contributed by atoms with Crippen LogP contribution in [0, 0.1) is 11.8 Å². The smallest absolute Gasteiger partial charge is 0.258 e. The highest BCUT2D eigenvalue weighted by Crippen LogP contribution is 2.27. The van der Waals surface area contributed by atoms with Gasteiger partial charge in [-0.25, -0.2) is 8.42 Å². The van der Waals surface area contributed by atoms with Gasteiger partial charge in [0.05, 0.1) is 4.90 Å². The molecule has 1 aromatic heterocycles. The second-order valence-electron chi connectivity index (χ2n) is 8.12. The first kappa shape index (κ1) is 21.2. The topological polar surface area (TPSA) is 108 Å². The van der Waals surface area contributed by atoms with E-state index in [0.717, 1.165) is 12.0 Å². The lowest BCUT2D eigenvalue weighted by atomic mass is 9.94. The number of rotatable bonds is 5. The number of aromatic amines is 1. The summed E-state index contributed by atoms with van der Waals surface area (Å²) in [6.45, 7) is 5.09. The number of carbonyl (C=O) groups excluding carboxylic acids is 1. The van der Waals surface area contributed by atoms with Gasteiger partial charge in [-0.05, 0) is 36.5 Å². The van der Waals surface area contributed by atoms with Gasteiger partial charge < -0.3 is 0 Å². The maximum atomic E-state index is 13.1. The molecule has 2 unspecified atom stereocenters. The molecule has 4 rings (SSSR count). The van der Waals surface area contributed by atoms with Gasteiger partial charge in [0.2, 0.25) is 16.0 Å². The minimum absolute atomic E-state index is 0.112. The van der Waals surface area contributed by atoms with Gasteiger partial charge in [-0.2, -0.15) is 9.29 Å². The summed E-state index contributed by atoms with van der Waals surface area (Å²) in [5.41, 5.74) is 1.07. The zero-order valence-corrected chi connectivity index (χ0v) is 18.3. The summed E-state index contributed by atoms with van der Waals surface area (Å²) in [7, 11) is -3.67. The van der Waals surface area contributed by atoms with Crippen LogP contribution in [0.4, 0.5) is 5.95 Å². The SMILES string of the molecule is CC1CC(C)CN(S(=O)(=O)c2cccc(C(=O)Nc3n[nH]c(-c4ccccc4)n3)c2)C1. The van der Waals surface area contributed by atoms with Crippen molar-refractivity contribution in [1.29, 1.82) is 0 Å². The fraction of sp³-hybridized carbons (Fsp3) is 0.318. The van der Waals surface area contributed by atoms with E-state index in [2.05, 4.69) is 34.3 Å². The van der Waals surface area contributed by atoms with Crippen molar-refractivity contribution in [3.8, 4) is 11.4 Å². The van der Waals surface area contributed by atoms with Crippen LogP contribution >= 0.6 is 0 Å². The summed E-state index contributed by atoms with van der Waals surface area (Å²) in [6, 6.07) is 15.5. The molecule has 0 aliphatic carbocycles. The number of hydrogen-bond acceptors (Lipinski definition) is 5. The van der Waals surface area contributed by atoms with Crippen molar-refractivity contribution in [2.24, 2.45) is 11.8 Å². The lowest BCUT2D eigenvalue weighted by Crippen LogP contribution is -2.42. The number of anilines is 1. The van der Waals surface area contributed by atoms with Crippen LogP contribution in [0.25, 0.3) is 11.4 Å². The van der Waals surface area contributed by atoms with Crippen molar-refractivity contribution >= 4 is 21.9 Å². The Morgan fingerprint density at radius 3 is 2.48 bits per heavy atom. The predicted molar refractivity (Wildman–Crippen MR) is 118 cm³/mol. The third-order valence-electron chi connectivity index (χ3n) is 5.33. The van der Waals surface area contributed by atoms with Gasteiger partial charge >= 0.3 is 0 Å². The summed E-state index contributed by atoms with van der Waals surface area (Å²) in [4.78, 5) is 17.1. The maximum absolute atomic E-state index is 13.1. The molecule has 2 aromatic carbocycles. The van der Waals surface area contributed by atoms with Gasteiger partial charge in [0.25, 0.3) is 5.91 Å². The Labute approximate surface area is 181 Å². The number of nitrogens with zero attached hydrogens (tertiary/aromatic N) is 3. The number of piperidine rings is 1. The molecule has 162 valence electrons. The van der Waals surface area contributed by atoms with Gasteiger partial charge in [-0.15, -0.1) is 5.10 Å².